The van der Waals surface area contributed by atoms with E-state index in [2.05, 4.69) is 9.88 Å². The zero-order chi connectivity index (χ0) is 20.6. The highest BCUT2D eigenvalue weighted by Crippen LogP contribution is 2.40. The Hall–Kier alpha value is -2.80. The predicted molar refractivity (Wildman–Crippen MR) is 112 cm³/mol. The molecular weight excluding hydrogens is 388 g/mol. The van der Waals surface area contributed by atoms with Gasteiger partial charge in [0.15, 0.2) is 22.6 Å². The largest absolute Gasteiger partial charge is 0.493 e. The van der Waals surface area contributed by atoms with E-state index in [-0.39, 0.29) is 9.79 Å². The van der Waals surface area contributed by atoms with E-state index < -0.39 is 9.84 Å². The van der Waals surface area contributed by atoms with Crippen molar-refractivity contribution in [2.45, 2.75) is 29.6 Å². The number of aromatic amines is 1. The zero-order valence-electron chi connectivity index (χ0n) is 16.9. The fourth-order valence-corrected chi connectivity index (χ4v) is 5.31. The lowest BCUT2D eigenvalue weighted by molar-refractivity contribution is -0.347. The van der Waals surface area contributed by atoms with Gasteiger partial charge < -0.3 is 14.4 Å². The highest BCUT2D eigenvalue weighted by atomic mass is 32.2. The molecule has 0 bridgehead atoms. The molecule has 1 fully saturated rings. The number of nitrogens with one attached hydrogen (secondary N) is 1. The Bertz CT molecular complexity index is 1150. The number of fused-ring (bicyclic) bond motifs is 1. The van der Waals surface area contributed by atoms with Crippen molar-refractivity contribution >= 4 is 26.4 Å². The van der Waals surface area contributed by atoms with Crippen molar-refractivity contribution in [3.8, 4) is 11.5 Å². The quantitative estimate of drug-likeness (QED) is 0.641. The van der Waals surface area contributed by atoms with Gasteiger partial charge in [0.05, 0.1) is 36.3 Å². The van der Waals surface area contributed by atoms with Crippen molar-refractivity contribution in [2.75, 3.05) is 32.2 Å². The Labute approximate surface area is 171 Å². The van der Waals surface area contributed by atoms with Gasteiger partial charge in [-0.15, -0.1) is 0 Å². The van der Waals surface area contributed by atoms with Crippen molar-refractivity contribution in [3.05, 3.63) is 48.2 Å². The lowest BCUT2D eigenvalue weighted by atomic mass is 10.1. The Morgan fingerprint density at radius 1 is 0.966 bits per heavy atom. The third kappa shape index (κ3) is 3.40. The molecule has 0 spiro atoms. The fourth-order valence-electron chi connectivity index (χ4n) is 3.85. The number of pyridine rings is 1. The van der Waals surface area contributed by atoms with Gasteiger partial charge in [-0.1, -0.05) is 17.7 Å². The van der Waals surface area contributed by atoms with Crippen LogP contribution in [0.2, 0.25) is 0 Å². The summed E-state index contributed by atoms with van der Waals surface area (Å²) in [7, 11) is -0.532. The molecule has 2 heterocycles. The number of ether oxygens (including phenoxy) is 2. The predicted octanol–water partition coefficient (Wildman–Crippen LogP) is 3.41. The van der Waals surface area contributed by atoms with Gasteiger partial charge in [-0.25, -0.2) is 13.4 Å². The summed E-state index contributed by atoms with van der Waals surface area (Å²) in [5.41, 5.74) is 2.54. The lowest BCUT2D eigenvalue weighted by Gasteiger charge is -2.22. The summed E-state index contributed by atoms with van der Waals surface area (Å²) in [4.78, 5) is 5.88. The first kappa shape index (κ1) is 19.5. The Morgan fingerprint density at radius 2 is 1.59 bits per heavy atom. The number of rotatable bonds is 5. The molecule has 2 aromatic carbocycles. The summed E-state index contributed by atoms with van der Waals surface area (Å²) < 4.78 is 38.0. The highest BCUT2D eigenvalue weighted by Gasteiger charge is 2.31. The van der Waals surface area contributed by atoms with Crippen molar-refractivity contribution in [2.24, 2.45) is 0 Å². The molecule has 1 saturated heterocycles. The summed E-state index contributed by atoms with van der Waals surface area (Å²) in [6.45, 7) is 3.59. The molecule has 6 nitrogen and oxygen atoms in total. The molecule has 29 heavy (non-hydrogen) atoms. The van der Waals surface area contributed by atoms with Gasteiger partial charge in [0, 0.05) is 19.2 Å². The van der Waals surface area contributed by atoms with Crippen LogP contribution in [0.4, 0.5) is 5.69 Å². The van der Waals surface area contributed by atoms with Crippen LogP contribution in [0.25, 0.3) is 10.9 Å². The number of aromatic nitrogens is 1. The lowest BCUT2D eigenvalue weighted by Crippen LogP contribution is -2.23. The van der Waals surface area contributed by atoms with Gasteiger partial charge in [-0.3, -0.25) is 0 Å². The monoisotopic (exact) mass is 413 g/mol. The summed E-state index contributed by atoms with van der Waals surface area (Å²) in [6.07, 6.45) is 3.67. The van der Waals surface area contributed by atoms with Crippen LogP contribution in [0.15, 0.2) is 52.4 Å². The Kier molecular flexibility index (Phi) is 5.08. The van der Waals surface area contributed by atoms with E-state index in [1.54, 1.807) is 32.5 Å². The molecule has 1 aliphatic heterocycles. The minimum atomic E-state index is -3.70. The van der Waals surface area contributed by atoms with Gasteiger partial charge >= 0.3 is 0 Å². The third-order valence-corrected chi connectivity index (χ3v) is 7.20. The van der Waals surface area contributed by atoms with Crippen LogP contribution in [-0.2, 0) is 9.84 Å². The average molecular weight is 414 g/mol. The Morgan fingerprint density at radius 3 is 2.21 bits per heavy atom. The number of nitrogens with zero attached hydrogens (tertiary/aromatic N) is 1. The molecule has 0 radical (unpaired) electrons. The number of methoxy groups -OCH3 is 2. The maximum absolute atomic E-state index is 13.5. The number of sulfone groups is 1. The molecule has 4 rings (SSSR count). The van der Waals surface area contributed by atoms with Crippen molar-refractivity contribution in [1.29, 1.82) is 0 Å². The maximum Gasteiger partial charge on any atom is 0.217 e. The summed E-state index contributed by atoms with van der Waals surface area (Å²) in [5.74, 6) is 1.16. The second-order valence-corrected chi connectivity index (χ2v) is 9.18. The minimum absolute atomic E-state index is 0.281. The first-order valence-corrected chi connectivity index (χ1v) is 11.1. The molecule has 1 aromatic heterocycles. The number of H-pyrrole nitrogens is 1. The zero-order valence-corrected chi connectivity index (χ0v) is 17.7. The van der Waals surface area contributed by atoms with Crippen LogP contribution in [0.3, 0.4) is 0 Å². The van der Waals surface area contributed by atoms with Crippen LogP contribution < -0.4 is 19.4 Å². The van der Waals surface area contributed by atoms with Crippen LogP contribution in [-0.4, -0.2) is 35.7 Å². The summed E-state index contributed by atoms with van der Waals surface area (Å²) in [6, 6.07) is 10.7. The van der Waals surface area contributed by atoms with Crippen LogP contribution in [0, 0.1) is 6.92 Å². The van der Waals surface area contributed by atoms with Gasteiger partial charge in [-0.2, -0.15) is 0 Å². The van der Waals surface area contributed by atoms with E-state index in [1.807, 2.05) is 31.2 Å². The number of aryl methyl sites for hydroxylation is 1. The van der Waals surface area contributed by atoms with Crippen LogP contribution >= 0.6 is 0 Å². The van der Waals surface area contributed by atoms with E-state index >= 15 is 0 Å². The molecule has 7 heteroatoms. The van der Waals surface area contributed by atoms with Crippen molar-refractivity contribution < 1.29 is 22.9 Å². The normalized spacial score (nSPS) is 14.4. The molecule has 152 valence electrons. The topological polar surface area (TPSA) is 70.0 Å². The smallest absolute Gasteiger partial charge is 0.217 e. The first-order chi connectivity index (χ1) is 14.0. The number of hydrogen-bond acceptors (Lipinski definition) is 5. The fraction of sp³-hybridized carbons (Fsp3) is 0.318. The molecule has 0 atom stereocenters. The second kappa shape index (κ2) is 7.55. The van der Waals surface area contributed by atoms with E-state index in [0.29, 0.717) is 11.5 Å². The molecule has 3 aromatic rings. The van der Waals surface area contributed by atoms with E-state index in [0.717, 1.165) is 48.1 Å². The first-order valence-electron chi connectivity index (χ1n) is 9.63. The van der Waals surface area contributed by atoms with Gasteiger partial charge in [0.2, 0.25) is 15.4 Å². The van der Waals surface area contributed by atoms with E-state index in [1.165, 1.54) is 0 Å². The van der Waals surface area contributed by atoms with E-state index in [9.17, 15) is 8.42 Å². The minimum Gasteiger partial charge on any atom is -0.493 e. The maximum atomic E-state index is 13.5. The number of hydrogen-bond donors (Lipinski definition) is 0. The number of benzene rings is 2. The average Bonchev–Trinajstić information content (AvgIpc) is 3.26. The molecule has 1 N–H and O–H groups in total. The van der Waals surface area contributed by atoms with Crippen LogP contribution in [0.5, 0.6) is 11.5 Å². The molecular formula is C22H25N2O4S+. The van der Waals surface area contributed by atoms with Crippen LogP contribution in [0.1, 0.15) is 18.4 Å². The van der Waals surface area contributed by atoms with Gasteiger partial charge in [0.1, 0.15) is 0 Å². The molecule has 0 unspecified atom stereocenters. The third-order valence-electron chi connectivity index (χ3n) is 5.41. The van der Waals surface area contributed by atoms with E-state index in [4.69, 9.17) is 9.47 Å². The molecule has 0 saturated carbocycles. The number of anilines is 1. The molecule has 1 aliphatic rings. The highest BCUT2D eigenvalue weighted by molar-refractivity contribution is 7.91. The van der Waals surface area contributed by atoms with Crippen molar-refractivity contribution in [3.63, 3.8) is 0 Å². The van der Waals surface area contributed by atoms with Crippen molar-refractivity contribution in [1.82, 2.24) is 0 Å². The standard InChI is InChI=1S/C22H24N2O4S/c1-15-6-8-16(9-7-15)29(25,26)21-14-23-18-13-20(28-3)19(27-2)12-17(18)22(21)24-10-4-5-11-24/h6-9,12-14H,4-5,10-11H2,1-3H3/p+1. The summed E-state index contributed by atoms with van der Waals surface area (Å²) in [5, 5.41) is 0.803. The van der Waals surface area contributed by atoms with Gasteiger partial charge in [-0.05, 0) is 31.9 Å². The molecule has 0 aliphatic carbocycles. The van der Waals surface area contributed by atoms with Gasteiger partial charge in [0.25, 0.3) is 0 Å². The SMILES string of the molecule is COc1cc2[nH+]cc(S(=O)(=O)c3ccc(C)cc3)c(N3CCCC3)c2cc1OC. The molecule has 0 amide bonds. The second-order valence-electron chi connectivity index (χ2n) is 7.26. The summed E-state index contributed by atoms with van der Waals surface area (Å²) >= 11 is 0. The Balaban J connectivity index is 2.00.